The minimum absolute atomic E-state index is 0.0861. The predicted octanol–water partition coefficient (Wildman–Crippen LogP) is 2.13. The van der Waals surface area contributed by atoms with E-state index in [0.717, 1.165) is 11.3 Å². The molecule has 2 unspecified atom stereocenters. The first-order chi connectivity index (χ1) is 12.6. The number of methoxy groups -OCH3 is 2. The van der Waals surface area contributed by atoms with Gasteiger partial charge in [-0.3, -0.25) is 0 Å². The Balaban J connectivity index is 2.01. The monoisotopic (exact) mass is 372 g/mol. The molecule has 0 aliphatic carbocycles. The van der Waals surface area contributed by atoms with Crippen molar-refractivity contribution in [2.24, 2.45) is 9.98 Å². The van der Waals surface area contributed by atoms with E-state index in [9.17, 15) is 9.66 Å². The molecule has 0 saturated heterocycles. The van der Waals surface area contributed by atoms with Crippen LogP contribution in [0.2, 0.25) is 0 Å². The van der Waals surface area contributed by atoms with E-state index in [4.69, 9.17) is 14.5 Å². The van der Waals surface area contributed by atoms with Gasteiger partial charge in [-0.15, -0.1) is 0 Å². The fourth-order valence-corrected chi connectivity index (χ4v) is 3.90. The molecule has 0 saturated carbocycles. The van der Waals surface area contributed by atoms with Crippen molar-refractivity contribution < 1.29 is 19.1 Å². The second-order valence-corrected chi connectivity index (χ2v) is 7.26. The lowest BCUT2D eigenvalue weighted by molar-refractivity contribution is 0.318. The molecule has 0 aromatic heterocycles. The molecule has 1 heterocycles. The van der Waals surface area contributed by atoms with Gasteiger partial charge in [0.15, 0.2) is 0 Å². The molecule has 1 aliphatic rings. The van der Waals surface area contributed by atoms with Gasteiger partial charge in [0.05, 0.1) is 38.3 Å². The van der Waals surface area contributed by atoms with Crippen LogP contribution >= 0.6 is 0 Å². The predicted molar refractivity (Wildman–Crippen MR) is 103 cm³/mol. The maximum atomic E-state index is 12.9. The van der Waals surface area contributed by atoms with Gasteiger partial charge in [0, 0.05) is 16.7 Å². The summed E-state index contributed by atoms with van der Waals surface area (Å²) in [5, 5.41) is 9.25. The van der Waals surface area contributed by atoms with Crippen LogP contribution in [-0.2, 0) is 16.2 Å². The molecule has 2 atom stereocenters. The number of aliphatic imine (C=N–C) groups is 2. The summed E-state index contributed by atoms with van der Waals surface area (Å²) in [6.07, 6.45) is 1.63. The molecule has 0 radical (unpaired) electrons. The second-order valence-electron chi connectivity index (χ2n) is 5.59. The summed E-state index contributed by atoms with van der Waals surface area (Å²) < 4.78 is 23.2. The molecular weight excluding hydrogens is 352 g/mol. The Morgan fingerprint density at radius 2 is 1.58 bits per heavy atom. The van der Waals surface area contributed by atoms with Crippen LogP contribution in [0.3, 0.4) is 0 Å². The molecule has 26 heavy (non-hydrogen) atoms. The van der Waals surface area contributed by atoms with Crippen molar-refractivity contribution in [2.75, 3.05) is 26.6 Å². The van der Waals surface area contributed by atoms with Gasteiger partial charge in [-0.25, -0.2) is 9.98 Å². The van der Waals surface area contributed by atoms with Crippen molar-refractivity contribution in [3.63, 3.8) is 0 Å². The van der Waals surface area contributed by atoms with Crippen LogP contribution in [0.5, 0.6) is 11.5 Å². The van der Waals surface area contributed by atoms with Crippen molar-refractivity contribution in [2.45, 2.75) is 4.99 Å². The first kappa shape index (κ1) is 18.4. The number of nitrogens with zero attached hydrogens (tertiary/aromatic N) is 2. The minimum Gasteiger partial charge on any atom is -0.613 e. The number of benzene rings is 2. The van der Waals surface area contributed by atoms with Crippen LogP contribution in [0.15, 0.2) is 58.5 Å². The zero-order chi connectivity index (χ0) is 18.6. The van der Waals surface area contributed by atoms with Crippen LogP contribution in [0.25, 0.3) is 0 Å². The van der Waals surface area contributed by atoms with Crippen molar-refractivity contribution in [3.8, 4) is 11.5 Å². The van der Waals surface area contributed by atoms with Crippen LogP contribution in [0.4, 0.5) is 0 Å². The summed E-state index contributed by atoms with van der Waals surface area (Å²) >= 11 is -1.51. The summed E-state index contributed by atoms with van der Waals surface area (Å²) in [4.78, 5) is 7.93. The SMILES string of the molecule is COc1ccc(C2=NC(c3ccc(OC)cc3)([S+]([O-])CCO)N=C2)cc1. The Morgan fingerprint density at radius 3 is 2.12 bits per heavy atom. The van der Waals surface area contributed by atoms with E-state index >= 15 is 0 Å². The lowest BCUT2D eigenvalue weighted by Crippen LogP contribution is -2.34. The Morgan fingerprint density at radius 1 is 1.00 bits per heavy atom. The maximum absolute atomic E-state index is 12.9. The van der Waals surface area contributed by atoms with Gasteiger partial charge in [-0.1, -0.05) is 0 Å². The van der Waals surface area contributed by atoms with Crippen LogP contribution in [0, 0.1) is 0 Å². The third kappa shape index (κ3) is 3.46. The van der Waals surface area contributed by atoms with E-state index in [1.165, 1.54) is 0 Å². The highest BCUT2D eigenvalue weighted by atomic mass is 32.2. The standard InChI is InChI=1S/C19H20N2O4S/c1-24-16-7-3-14(4-8-16)18-13-20-19(21-18,26(23)12-11-22)15-5-9-17(25-2)10-6-15/h3-10,13,22H,11-12H2,1-2H3. The zero-order valence-electron chi connectivity index (χ0n) is 14.6. The van der Waals surface area contributed by atoms with Gasteiger partial charge in [0.2, 0.25) is 0 Å². The average molecular weight is 372 g/mol. The number of ether oxygens (including phenoxy) is 2. The number of hydrogen-bond donors (Lipinski definition) is 1. The van der Waals surface area contributed by atoms with Crippen molar-refractivity contribution in [3.05, 3.63) is 59.7 Å². The topological polar surface area (TPSA) is 86.5 Å². The highest BCUT2D eigenvalue weighted by Crippen LogP contribution is 2.38. The Labute approximate surface area is 155 Å². The molecule has 2 aromatic carbocycles. The smallest absolute Gasteiger partial charge is 0.338 e. The third-order valence-electron chi connectivity index (χ3n) is 4.08. The first-order valence-corrected chi connectivity index (χ1v) is 9.38. The van der Waals surface area contributed by atoms with Crippen LogP contribution in [0.1, 0.15) is 11.1 Å². The molecular formula is C19H20N2O4S. The number of hydrogen-bond acceptors (Lipinski definition) is 6. The van der Waals surface area contributed by atoms with Gasteiger partial charge < -0.3 is 19.1 Å². The van der Waals surface area contributed by atoms with Gasteiger partial charge in [0.1, 0.15) is 17.3 Å². The normalized spacial score (nSPS) is 19.9. The number of aliphatic hydroxyl groups is 1. The second kappa shape index (κ2) is 7.90. The van der Waals surface area contributed by atoms with Gasteiger partial charge in [0.25, 0.3) is 0 Å². The Hall–Kier alpha value is -2.35. The molecule has 2 aromatic rings. The molecule has 0 spiro atoms. The highest BCUT2D eigenvalue weighted by molar-refractivity contribution is 7.92. The first-order valence-electron chi connectivity index (χ1n) is 8.06. The van der Waals surface area contributed by atoms with Crippen molar-refractivity contribution >= 4 is 23.1 Å². The molecule has 0 fully saturated rings. The summed E-state index contributed by atoms with van der Waals surface area (Å²) in [7, 11) is 3.19. The zero-order valence-corrected chi connectivity index (χ0v) is 15.4. The van der Waals surface area contributed by atoms with E-state index < -0.39 is 16.2 Å². The van der Waals surface area contributed by atoms with E-state index in [0.29, 0.717) is 17.0 Å². The molecule has 1 aliphatic heterocycles. The molecule has 1 N–H and O–H groups in total. The molecule has 0 bridgehead atoms. The molecule has 3 rings (SSSR count). The largest absolute Gasteiger partial charge is 0.613 e. The fraction of sp³-hybridized carbons (Fsp3) is 0.263. The summed E-state index contributed by atoms with van der Waals surface area (Å²) in [5.41, 5.74) is 2.17. The lowest BCUT2D eigenvalue weighted by Gasteiger charge is -2.26. The lowest BCUT2D eigenvalue weighted by atomic mass is 10.1. The van der Waals surface area contributed by atoms with E-state index in [-0.39, 0.29) is 12.4 Å². The Kier molecular flexibility index (Phi) is 5.61. The molecule has 6 nitrogen and oxygen atoms in total. The van der Waals surface area contributed by atoms with E-state index in [2.05, 4.69) is 4.99 Å². The quantitative estimate of drug-likeness (QED) is 0.755. The van der Waals surface area contributed by atoms with Gasteiger partial charge >= 0.3 is 4.99 Å². The third-order valence-corrected chi connectivity index (χ3v) is 5.70. The van der Waals surface area contributed by atoms with Crippen LogP contribution in [-0.4, -0.2) is 48.2 Å². The fourth-order valence-electron chi connectivity index (χ4n) is 2.68. The van der Waals surface area contributed by atoms with Crippen LogP contribution < -0.4 is 9.47 Å². The van der Waals surface area contributed by atoms with E-state index in [1.54, 1.807) is 44.7 Å². The highest BCUT2D eigenvalue weighted by Gasteiger charge is 2.46. The van der Waals surface area contributed by atoms with E-state index in [1.807, 2.05) is 24.3 Å². The summed E-state index contributed by atoms with van der Waals surface area (Å²) in [6, 6.07) is 14.6. The number of aliphatic hydroxyl groups excluding tert-OH is 1. The molecule has 0 amide bonds. The Bertz CT molecular complexity index is 805. The summed E-state index contributed by atoms with van der Waals surface area (Å²) in [5.74, 6) is 1.52. The maximum Gasteiger partial charge on any atom is 0.338 e. The average Bonchev–Trinajstić information content (AvgIpc) is 3.15. The van der Waals surface area contributed by atoms with Crippen molar-refractivity contribution in [1.29, 1.82) is 0 Å². The van der Waals surface area contributed by atoms with Crippen molar-refractivity contribution in [1.82, 2.24) is 0 Å². The summed E-state index contributed by atoms with van der Waals surface area (Å²) in [6.45, 7) is -0.201. The minimum atomic E-state index is -1.51. The molecule has 136 valence electrons. The van der Waals surface area contributed by atoms with Gasteiger partial charge in [-0.05, 0) is 48.5 Å². The van der Waals surface area contributed by atoms with Gasteiger partial charge in [-0.2, -0.15) is 0 Å². The molecule has 7 heteroatoms. The number of rotatable bonds is 7.